The van der Waals surface area contributed by atoms with E-state index in [9.17, 15) is 0 Å². The van der Waals surface area contributed by atoms with Crippen molar-refractivity contribution in [3.8, 4) is 0 Å². The quantitative estimate of drug-likeness (QED) is 0.0859. The van der Waals surface area contributed by atoms with Crippen LogP contribution in [0.2, 0.25) is 183 Å². The van der Waals surface area contributed by atoms with Crippen LogP contribution in [0.5, 0.6) is 0 Å². The van der Waals surface area contributed by atoms with Gasteiger partial charge in [0, 0.05) is 0 Å². The van der Waals surface area contributed by atoms with Crippen LogP contribution in [0, 0.1) is 0 Å². The molecule has 0 saturated heterocycles. The van der Waals surface area contributed by atoms with Gasteiger partial charge in [-0.1, -0.05) is 0 Å². The molecule has 0 aliphatic carbocycles. The van der Waals surface area contributed by atoms with Crippen LogP contribution >= 0.6 is 0 Å². The van der Waals surface area contributed by atoms with Crippen molar-refractivity contribution >= 4 is 111 Å². The molecule has 53 heavy (non-hydrogen) atoms. The topological polar surface area (TPSA) is 111 Å². The van der Waals surface area contributed by atoms with E-state index in [0.29, 0.717) is 0 Å². The van der Waals surface area contributed by atoms with Gasteiger partial charge in [-0.3, -0.25) is 0 Å². The van der Waals surface area contributed by atoms with Gasteiger partial charge in [-0.05, 0) is 183 Å². The van der Waals surface area contributed by atoms with Crippen molar-refractivity contribution in [2.45, 2.75) is 183 Å². The maximum Gasteiger partial charge on any atom is 0.314 e. The average molecular weight is 978 g/mol. The van der Waals surface area contributed by atoms with Gasteiger partial charge >= 0.3 is 94.2 Å². The van der Waals surface area contributed by atoms with E-state index in [4.69, 9.17) is 49.4 Å². The lowest BCUT2D eigenvalue weighted by Crippen LogP contribution is -2.62. The minimum atomic E-state index is -2.73. The Hall–Kier alpha value is 2.34. The van der Waals surface area contributed by atoms with Gasteiger partial charge in [-0.15, -0.1) is 0 Å². The fourth-order valence-corrected chi connectivity index (χ4v) is 72.7. The zero-order valence-electron chi connectivity index (χ0n) is 39.4. The normalized spacial score (nSPS) is 16.1. The van der Waals surface area contributed by atoms with Crippen LogP contribution in [0.4, 0.5) is 0 Å². The molecular weight excluding hydrogens is 893 g/mol. The third-order valence-electron chi connectivity index (χ3n) is 6.02. The van der Waals surface area contributed by atoms with E-state index in [0.717, 1.165) is 0 Å². The van der Waals surface area contributed by atoms with Gasteiger partial charge < -0.3 is 49.4 Å². The molecule has 0 aromatic rings. The lowest BCUT2D eigenvalue weighted by molar-refractivity contribution is 0.252. The summed E-state index contributed by atoms with van der Waals surface area (Å²) < 4.78 is 80.4. The monoisotopic (exact) mass is 976 g/mol. The Balaban J connectivity index is 5.60. The maximum absolute atomic E-state index is 6.82. The highest BCUT2D eigenvalue weighted by Crippen LogP contribution is 2.32. The van der Waals surface area contributed by atoms with E-state index in [-0.39, 0.29) is 0 Å². The van der Waals surface area contributed by atoms with E-state index in [2.05, 4.69) is 183 Å². The summed E-state index contributed by atoms with van der Waals surface area (Å²) in [7, 11) is -32.3. The molecule has 0 spiro atoms. The predicted molar refractivity (Wildman–Crippen MR) is 252 cm³/mol. The first kappa shape index (κ1) is 55.3. The van der Waals surface area contributed by atoms with Gasteiger partial charge in [0.1, 0.15) is 0 Å². The van der Waals surface area contributed by atoms with Gasteiger partial charge in [0.2, 0.25) is 0 Å². The zero-order valence-corrected chi connectivity index (χ0v) is 52.4. The number of hydrogen-bond donors (Lipinski definition) is 0. The van der Waals surface area contributed by atoms with E-state index in [1.807, 2.05) is 0 Å². The fraction of sp³-hybridized carbons (Fsp3) is 1.00. The van der Waals surface area contributed by atoms with Crippen molar-refractivity contribution in [2.24, 2.45) is 0 Å². The Morgan fingerprint density at radius 2 is 0.208 bits per heavy atom. The lowest BCUT2D eigenvalue weighted by Gasteiger charge is -2.45. The molecule has 0 aromatic heterocycles. The van der Waals surface area contributed by atoms with Crippen LogP contribution in [0.25, 0.3) is 0 Å². The number of hydrogen-bond acceptors (Lipinski definition) is 12. The first-order chi connectivity index (χ1) is 22.5. The van der Waals surface area contributed by atoms with Crippen molar-refractivity contribution in [3.63, 3.8) is 0 Å². The van der Waals surface area contributed by atoms with Crippen LogP contribution in [-0.4, -0.2) is 111 Å². The molecule has 0 rings (SSSR count). The Morgan fingerprint density at radius 1 is 0.132 bits per heavy atom. The van der Waals surface area contributed by atoms with Gasteiger partial charge in [0.15, 0.2) is 16.6 Å². The largest absolute Gasteiger partial charge is 0.437 e. The van der Waals surface area contributed by atoms with E-state index in [1.165, 1.54) is 0 Å². The minimum Gasteiger partial charge on any atom is -0.437 e. The molecule has 0 saturated carbocycles. The highest BCUT2D eigenvalue weighted by molar-refractivity contribution is 6.94. The maximum atomic E-state index is 6.82. The predicted octanol–water partition coefficient (Wildman–Crippen LogP) is 10.6. The van der Waals surface area contributed by atoms with E-state index >= 15 is 0 Å². The molecule has 0 fully saturated rings. The zero-order chi connectivity index (χ0) is 43.0. The van der Waals surface area contributed by atoms with Crippen LogP contribution < -0.4 is 0 Å². The minimum absolute atomic E-state index is 1.76. The van der Waals surface area contributed by atoms with E-state index in [1.54, 1.807) is 0 Å². The first-order valence-electron chi connectivity index (χ1n) is 18.9. The van der Waals surface area contributed by atoms with Crippen molar-refractivity contribution in [3.05, 3.63) is 0 Å². The van der Waals surface area contributed by atoms with E-state index < -0.39 is 111 Å². The SMILES string of the molecule is C[Si](C)(C)O[Si](C)(C)O[Si](C)(C)O[Si](C)(C)O[Si](C)(C)O[Si](C)(C)O[Si](C)(C)O[Si](C)(C)O[Si](C)(C)O[Si](C)(C)O[Si](C)(C)O[Si](C)(C)O[Si](C)(C)C. The molecule has 25 heteroatoms. The third-order valence-corrected chi connectivity index (χ3v) is 54.2. The van der Waals surface area contributed by atoms with Crippen molar-refractivity contribution < 1.29 is 49.4 Å². The Labute approximate surface area is 341 Å². The second-order valence-electron chi connectivity index (χ2n) is 20.8. The summed E-state index contributed by atoms with van der Waals surface area (Å²) in [6, 6.07) is 0. The first-order valence-corrected chi connectivity index (χ1v) is 56.7. The van der Waals surface area contributed by atoms with Crippen molar-refractivity contribution in [2.75, 3.05) is 0 Å². The average Bonchev–Trinajstić information content (AvgIpc) is 2.58. The molecule has 0 heterocycles. The van der Waals surface area contributed by atoms with Crippen LogP contribution in [0.15, 0.2) is 0 Å². The standard InChI is InChI=1S/C28H84O12Si13/c1-41(2,3)29-43(7,8)31-45(11,12)33-47(15,16)35-49(19,20)37-51(23,24)39-53(27,28)40-52(25,26)38-50(21,22)36-48(17,18)34-46(13,14)32-44(9,10)30-42(4,5)6/h1-28H3. The van der Waals surface area contributed by atoms with Crippen LogP contribution in [0.3, 0.4) is 0 Å². The third kappa shape index (κ3) is 26.9. The molecule has 0 aliphatic heterocycles. The second kappa shape index (κ2) is 18.1. The molecular formula is C28H84O12Si13. The molecule has 0 radical (unpaired) electrons. The summed E-state index contributed by atoms with van der Waals surface area (Å²) >= 11 is 0. The molecule has 0 amide bonds. The van der Waals surface area contributed by atoms with Crippen molar-refractivity contribution in [1.82, 2.24) is 0 Å². The molecule has 0 N–H and O–H groups in total. The molecule has 0 bridgehead atoms. The van der Waals surface area contributed by atoms with Gasteiger partial charge in [-0.2, -0.15) is 0 Å². The molecule has 12 nitrogen and oxygen atoms in total. The van der Waals surface area contributed by atoms with Crippen molar-refractivity contribution in [1.29, 1.82) is 0 Å². The van der Waals surface area contributed by atoms with Gasteiger partial charge in [-0.25, -0.2) is 0 Å². The summed E-state index contributed by atoms with van der Waals surface area (Å²) in [4.78, 5) is 0. The smallest absolute Gasteiger partial charge is 0.314 e. The lowest BCUT2D eigenvalue weighted by atomic mass is 11.8. The Morgan fingerprint density at radius 3 is 0.283 bits per heavy atom. The summed E-state index contributed by atoms with van der Waals surface area (Å²) in [5, 5.41) is 0. The highest BCUT2D eigenvalue weighted by Gasteiger charge is 2.51. The molecule has 0 atom stereocenters. The fourth-order valence-electron chi connectivity index (χ4n) is 7.62. The van der Waals surface area contributed by atoms with Crippen LogP contribution in [0.1, 0.15) is 0 Å². The Kier molecular flexibility index (Phi) is 18.9. The highest BCUT2D eigenvalue weighted by atomic mass is 28.5. The molecule has 0 unspecified atom stereocenters. The molecule has 0 aromatic carbocycles. The van der Waals surface area contributed by atoms with Gasteiger partial charge in [0.05, 0.1) is 0 Å². The number of rotatable bonds is 24. The summed E-state index contributed by atoms with van der Waals surface area (Å²) in [5.41, 5.74) is 0. The summed E-state index contributed by atoms with van der Waals surface area (Å²) in [6.45, 7) is 58.9. The van der Waals surface area contributed by atoms with Crippen LogP contribution in [-0.2, 0) is 49.4 Å². The summed E-state index contributed by atoms with van der Waals surface area (Å²) in [6.07, 6.45) is 0. The molecule has 0 aliphatic rings. The Bertz CT molecular complexity index is 1100. The molecule has 320 valence electrons. The van der Waals surface area contributed by atoms with Gasteiger partial charge in [0.25, 0.3) is 0 Å². The second-order valence-corrected chi connectivity index (χ2v) is 69.9. The summed E-state index contributed by atoms with van der Waals surface area (Å²) in [5.74, 6) is 0.